The van der Waals surface area contributed by atoms with Gasteiger partial charge in [0.1, 0.15) is 17.7 Å². The van der Waals surface area contributed by atoms with E-state index in [0.717, 1.165) is 10.5 Å². The Morgan fingerprint density at radius 2 is 1.65 bits per heavy atom. The molecule has 0 spiro atoms. The van der Waals surface area contributed by atoms with Crippen LogP contribution < -0.4 is 5.32 Å². The van der Waals surface area contributed by atoms with E-state index in [0.29, 0.717) is 31.7 Å². The van der Waals surface area contributed by atoms with Gasteiger partial charge in [0.15, 0.2) is 0 Å². The maximum atomic E-state index is 13.1. The van der Waals surface area contributed by atoms with Crippen LogP contribution in [0.1, 0.15) is 38.8 Å². The van der Waals surface area contributed by atoms with Gasteiger partial charge in [0, 0.05) is 26.2 Å². The fraction of sp³-hybridized carbons (Fsp3) is 0.545. The zero-order chi connectivity index (χ0) is 23.0. The molecular formula is C22H30N4O5. The van der Waals surface area contributed by atoms with Crippen LogP contribution in [0.3, 0.4) is 0 Å². The highest BCUT2D eigenvalue weighted by molar-refractivity contribution is 6.09. The van der Waals surface area contributed by atoms with Gasteiger partial charge in [-0.2, -0.15) is 0 Å². The lowest BCUT2D eigenvalue weighted by molar-refractivity contribution is -0.139. The summed E-state index contributed by atoms with van der Waals surface area (Å²) in [5.74, 6) is -0.783. The maximum absolute atomic E-state index is 13.1. The molecular weight excluding hydrogens is 400 g/mol. The highest BCUT2D eigenvalue weighted by Gasteiger charge is 2.50. The number of imide groups is 1. The molecule has 0 aromatic heterocycles. The molecule has 0 radical (unpaired) electrons. The number of aryl methyl sites for hydroxylation is 1. The fourth-order valence-electron chi connectivity index (χ4n) is 3.86. The summed E-state index contributed by atoms with van der Waals surface area (Å²) in [5.41, 5.74) is -0.213. The molecule has 2 aliphatic rings. The molecule has 2 saturated heterocycles. The summed E-state index contributed by atoms with van der Waals surface area (Å²) in [6, 6.07) is 6.76. The Hall–Kier alpha value is -3.10. The van der Waals surface area contributed by atoms with Crippen LogP contribution in [0.2, 0.25) is 0 Å². The predicted octanol–water partition coefficient (Wildman–Crippen LogP) is 1.84. The third-order valence-electron chi connectivity index (χ3n) is 5.54. The second-order valence-electron chi connectivity index (χ2n) is 9.11. The van der Waals surface area contributed by atoms with Crippen LogP contribution in [0.15, 0.2) is 24.3 Å². The van der Waals surface area contributed by atoms with Crippen molar-refractivity contribution in [2.75, 3.05) is 32.7 Å². The average molecular weight is 431 g/mol. The molecule has 1 aromatic rings. The van der Waals surface area contributed by atoms with Crippen LogP contribution in [0.5, 0.6) is 0 Å². The third kappa shape index (κ3) is 4.65. The summed E-state index contributed by atoms with van der Waals surface area (Å²) in [5, 5.41) is 2.74. The molecule has 2 heterocycles. The molecule has 1 unspecified atom stereocenters. The number of amides is 5. The molecule has 9 heteroatoms. The van der Waals surface area contributed by atoms with Crippen molar-refractivity contribution >= 4 is 23.9 Å². The third-order valence-corrected chi connectivity index (χ3v) is 5.54. The minimum atomic E-state index is -1.21. The average Bonchev–Trinajstić information content (AvgIpc) is 2.91. The van der Waals surface area contributed by atoms with Gasteiger partial charge in [-0.25, -0.2) is 9.59 Å². The monoisotopic (exact) mass is 430 g/mol. The van der Waals surface area contributed by atoms with Crippen molar-refractivity contribution in [3.05, 3.63) is 35.4 Å². The van der Waals surface area contributed by atoms with E-state index in [2.05, 4.69) is 5.32 Å². The molecule has 9 nitrogen and oxygen atoms in total. The topological polar surface area (TPSA) is 99.3 Å². The van der Waals surface area contributed by atoms with Crippen molar-refractivity contribution in [1.29, 1.82) is 0 Å². The van der Waals surface area contributed by atoms with E-state index >= 15 is 0 Å². The molecule has 5 amide bonds. The van der Waals surface area contributed by atoms with E-state index in [4.69, 9.17) is 4.74 Å². The Labute approximate surface area is 182 Å². The summed E-state index contributed by atoms with van der Waals surface area (Å²) < 4.78 is 5.36. The van der Waals surface area contributed by atoms with Gasteiger partial charge in [0.2, 0.25) is 5.91 Å². The van der Waals surface area contributed by atoms with Gasteiger partial charge in [0.25, 0.3) is 5.91 Å². The van der Waals surface area contributed by atoms with Crippen molar-refractivity contribution in [2.45, 2.75) is 45.8 Å². The van der Waals surface area contributed by atoms with Crippen LogP contribution in [-0.2, 0) is 19.9 Å². The molecule has 1 atom stereocenters. The standard InChI is InChI=1S/C22H30N4O5/c1-15-8-6-7-9-16(15)22(5)18(28)26(19(29)23-22)14-17(27)24-10-12-25(13-11-24)20(30)31-21(2,3)4/h6-9H,10-14H2,1-5H3,(H,23,29). The lowest BCUT2D eigenvalue weighted by atomic mass is 9.88. The van der Waals surface area contributed by atoms with Crippen LogP contribution >= 0.6 is 0 Å². The van der Waals surface area contributed by atoms with Crippen molar-refractivity contribution in [1.82, 2.24) is 20.0 Å². The molecule has 31 heavy (non-hydrogen) atoms. The van der Waals surface area contributed by atoms with E-state index in [9.17, 15) is 19.2 Å². The van der Waals surface area contributed by atoms with Gasteiger partial charge < -0.3 is 19.9 Å². The van der Waals surface area contributed by atoms with E-state index in [-0.39, 0.29) is 12.5 Å². The van der Waals surface area contributed by atoms with Gasteiger partial charge >= 0.3 is 12.1 Å². The molecule has 1 N–H and O–H groups in total. The Morgan fingerprint density at radius 1 is 1.06 bits per heavy atom. The zero-order valence-electron chi connectivity index (χ0n) is 18.7. The van der Waals surface area contributed by atoms with E-state index in [1.165, 1.54) is 0 Å². The molecule has 2 fully saturated rings. The van der Waals surface area contributed by atoms with Gasteiger partial charge in [-0.15, -0.1) is 0 Å². The highest BCUT2D eigenvalue weighted by Crippen LogP contribution is 2.30. The number of benzene rings is 1. The zero-order valence-corrected chi connectivity index (χ0v) is 18.7. The Kier molecular flexibility index (Phi) is 5.98. The van der Waals surface area contributed by atoms with Crippen molar-refractivity contribution < 1.29 is 23.9 Å². The molecule has 0 bridgehead atoms. The number of rotatable bonds is 3. The summed E-state index contributed by atoms with van der Waals surface area (Å²) in [4.78, 5) is 54.7. The minimum absolute atomic E-state index is 0.316. The number of nitrogens with one attached hydrogen (secondary N) is 1. The number of nitrogens with zero attached hydrogens (tertiary/aromatic N) is 3. The molecule has 0 saturated carbocycles. The van der Waals surface area contributed by atoms with Crippen molar-refractivity contribution in [3.63, 3.8) is 0 Å². The van der Waals surface area contributed by atoms with Gasteiger partial charge in [-0.3, -0.25) is 14.5 Å². The van der Waals surface area contributed by atoms with Crippen LogP contribution in [0, 0.1) is 6.92 Å². The molecule has 2 aliphatic heterocycles. The first-order valence-corrected chi connectivity index (χ1v) is 10.4. The summed E-state index contributed by atoms with van der Waals surface area (Å²) in [7, 11) is 0. The Balaban J connectivity index is 1.61. The Bertz CT molecular complexity index is 901. The van der Waals surface area contributed by atoms with Crippen LogP contribution in [0.4, 0.5) is 9.59 Å². The second-order valence-corrected chi connectivity index (χ2v) is 9.11. The van der Waals surface area contributed by atoms with E-state index in [1.807, 2.05) is 25.1 Å². The van der Waals surface area contributed by atoms with E-state index < -0.39 is 29.2 Å². The molecule has 3 rings (SSSR count). The first kappa shape index (κ1) is 22.6. The number of piperazine rings is 1. The number of hydrogen-bond acceptors (Lipinski definition) is 5. The predicted molar refractivity (Wildman–Crippen MR) is 113 cm³/mol. The van der Waals surface area contributed by atoms with Gasteiger partial charge in [-0.05, 0) is 45.7 Å². The highest BCUT2D eigenvalue weighted by atomic mass is 16.6. The van der Waals surface area contributed by atoms with Gasteiger partial charge in [-0.1, -0.05) is 24.3 Å². The quantitative estimate of drug-likeness (QED) is 0.738. The minimum Gasteiger partial charge on any atom is -0.444 e. The normalized spacial score (nSPS) is 21.9. The number of carbonyl (C=O) groups is 4. The number of ether oxygens (including phenoxy) is 1. The van der Waals surface area contributed by atoms with E-state index in [1.54, 1.807) is 43.6 Å². The summed E-state index contributed by atoms with van der Waals surface area (Å²) >= 11 is 0. The number of urea groups is 1. The number of hydrogen-bond donors (Lipinski definition) is 1. The lowest BCUT2D eigenvalue weighted by Gasteiger charge is -2.36. The maximum Gasteiger partial charge on any atom is 0.410 e. The smallest absolute Gasteiger partial charge is 0.410 e. The summed E-state index contributed by atoms with van der Waals surface area (Å²) in [6.07, 6.45) is -0.414. The van der Waals surface area contributed by atoms with Crippen LogP contribution in [-0.4, -0.2) is 77.0 Å². The fourth-order valence-corrected chi connectivity index (χ4v) is 3.86. The summed E-state index contributed by atoms with van der Waals surface area (Å²) in [6.45, 7) is 9.89. The molecule has 0 aliphatic carbocycles. The largest absolute Gasteiger partial charge is 0.444 e. The van der Waals surface area contributed by atoms with Crippen molar-refractivity contribution in [2.24, 2.45) is 0 Å². The molecule has 1 aromatic carbocycles. The second kappa shape index (κ2) is 8.20. The Morgan fingerprint density at radius 3 is 2.23 bits per heavy atom. The van der Waals surface area contributed by atoms with Crippen LogP contribution in [0.25, 0.3) is 0 Å². The molecule has 168 valence electrons. The SMILES string of the molecule is Cc1ccccc1C1(C)NC(=O)N(CC(=O)N2CCN(C(=O)OC(C)(C)C)CC2)C1=O. The first-order chi connectivity index (χ1) is 14.4. The first-order valence-electron chi connectivity index (χ1n) is 10.4. The lowest BCUT2D eigenvalue weighted by Crippen LogP contribution is -2.54. The number of carbonyl (C=O) groups excluding carboxylic acids is 4. The van der Waals surface area contributed by atoms with Crippen molar-refractivity contribution in [3.8, 4) is 0 Å². The van der Waals surface area contributed by atoms with Gasteiger partial charge in [0.05, 0.1) is 0 Å².